The number of carboxylic acids is 1. The molecule has 0 fully saturated rings. The van der Waals surface area contributed by atoms with Gasteiger partial charge in [-0.2, -0.15) is 0 Å². The van der Waals surface area contributed by atoms with E-state index in [9.17, 15) is 29.1 Å². The van der Waals surface area contributed by atoms with E-state index >= 15 is 0 Å². The first-order chi connectivity index (χ1) is 22.1. The first kappa shape index (κ1) is 33.6. The van der Waals surface area contributed by atoms with Gasteiger partial charge >= 0.3 is 23.8 Å². The minimum absolute atomic E-state index is 0.0437. The number of aromatic carboxylic acids is 1. The molecule has 3 amide bonds. The average molecular weight is 648 g/mol. The second-order valence-electron chi connectivity index (χ2n) is 10.2. The number of likely N-dealkylation sites (N-methyl/N-ethyl adjacent to an activating group) is 2. The van der Waals surface area contributed by atoms with Crippen molar-refractivity contribution in [1.29, 1.82) is 0 Å². The van der Waals surface area contributed by atoms with Crippen molar-refractivity contribution in [2.45, 2.75) is 11.8 Å². The van der Waals surface area contributed by atoms with Gasteiger partial charge in [0.25, 0.3) is 0 Å². The van der Waals surface area contributed by atoms with Crippen molar-refractivity contribution >= 4 is 46.8 Å². The lowest BCUT2D eigenvalue weighted by molar-refractivity contribution is -0.120. The van der Waals surface area contributed by atoms with E-state index in [0.29, 0.717) is 16.7 Å². The molecule has 0 radical (unpaired) electrons. The third-order valence-corrected chi connectivity index (χ3v) is 7.87. The molecule has 4 rings (SSSR count). The molecule has 0 aliphatic carbocycles. The predicted octanol–water partition coefficient (Wildman–Crippen LogP) is 4.78. The summed E-state index contributed by atoms with van der Waals surface area (Å²) in [7, 11) is 3.06. The fourth-order valence-electron chi connectivity index (χ4n) is 4.17. The Morgan fingerprint density at radius 2 is 1.57 bits per heavy atom. The van der Waals surface area contributed by atoms with Crippen molar-refractivity contribution < 1.29 is 38.2 Å². The molecular formula is C33H33N3O9S. The molecule has 2 N–H and O–H groups in total. The Balaban J connectivity index is 1.23. The fraction of sp³-hybridized carbons (Fsp3) is 0.242. The molecule has 12 nitrogen and oxygen atoms in total. The van der Waals surface area contributed by atoms with Gasteiger partial charge < -0.3 is 34.1 Å². The minimum atomic E-state index is -1.05. The first-order valence-corrected chi connectivity index (χ1v) is 15.3. The van der Waals surface area contributed by atoms with Gasteiger partial charge in [0.2, 0.25) is 5.91 Å². The van der Waals surface area contributed by atoms with E-state index in [1.807, 2.05) is 30.3 Å². The van der Waals surface area contributed by atoms with Crippen molar-refractivity contribution in [1.82, 2.24) is 15.1 Å². The summed E-state index contributed by atoms with van der Waals surface area (Å²) in [6.07, 6.45) is -1.08. The van der Waals surface area contributed by atoms with Crippen LogP contribution >= 0.6 is 11.8 Å². The smallest absolute Gasteiger partial charge is 0.415 e. The van der Waals surface area contributed by atoms with Gasteiger partial charge in [0.1, 0.15) is 23.3 Å². The first-order valence-electron chi connectivity index (χ1n) is 14.2. The molecule has 4 aromatic rings. The molecule has 0 aliphatic heterocycles. The number of thioether (sulfide) groups is 1. The van der Waals surface area contributed by atoms with E-state index in [1.165, 1.54) is 59.9 Å². The number of nitrogens with zero attached hydrogens (tertiary/aromatic N) is 2. The number of hydrogen-bond acceptors (Lipinski definition) is 9. The van der Waals surface area contributed by atoms with Gasteiger partial charge in [-0.15, -0.1) is 11.8 Å². The van der Waals surface area contributed by atoms with Crippen molar-refractivity contribution in [3.05, 3.63) is 112 Å². The molecule has 1 unspecified atom stereocenters. The summed E-state index contributed by atoms with van der Waals surface area (Å²) in [6, 6.07) is 23.1. The summed E-state index contributed by atoms with van der Waals surface area (Å²) in [6.45, 7) is 0.365. The summed E-state index contributed by atoms with van der Waals surface area (Å²) in [4.78, 5) is 63.2. The maximum absolute atomic E-state index is 12.8. The third-order valence-electron chi connectivity index (χ3n) is 6.75. The van der Waals surface area contributed by atoms with Gasteiger partial charge in [-0.25, -0.2) is 19.2 Å². The van der Waals surface area contributed by atoms with Crippen LogP contribution in [-0.2, 0) is 16.0 Å². The second-order valence-corrected chi connectivity index (χ2v) is 11.4. The van der Waals surface area contributed by atoms with Crippen molar-refractivity contribution in [3.63, 3.8) is 0 Å². The van der Waals surface area contributed by atoms with Gasteiger partial charge in [-0.05, 0) is 41.5 Å². The van der Waals surface area contributed by atoms with Crippen LogP contribution in [-0.4, -0.2) is 78.5 Å². The SMILES string of the molecule is CN(CCN(C)C(=O)Oc1ccc2ccc(=O)oc2c1)C(=O)OCCSC(NC(=O)Cc1ccccc1)c1ccc(C(=O)O)cc1. The number of carbonyl (C=O) groups is 4. The van der Waals surface area contributed by atoms with Gasteiger partial charge in [-0.1, -0.05) is 42.5 Å². The molecule has 1 atom stereocenters. The summed E-state index contributed by atoms with van der Waals surface area (Å²) in [5.41, 5.74) is 1.45. The molecule has 0 saturated carbocycles. The topological polar surface area (TPSA) is 156 Å². The van der Waals surface area contributed by atoms with Crippen LogP contribution in [0.2, 0.25) is 0 Å². The molecule has 46 heavy (non-hydrogen) atoms. The summed E-state index contributed by atoms with van der Waals surface area (Å²) in [5, 5.41) is 12.4. The standard InChI is InChI=1S/C33H33N3O9S/c1-35(16-17-36(2)33(42)44-26-14-12-23-13-15-29(38)45-27(23)21-26)32(41)43-18-19-46-30(24-8-10-25(11-9-24)31(39)40)34-28(37)20-22-6-4-3-5-7-22/h3-15,21,30H,16-20H2,1-2H3,(H,34,37)(H,39,40). The molecular weight excluding hydrogens is 614 g/mol. The normalized spacial score (nSPS) is 11.3. The Hall–Kier alpha value is -5.30. The van der Waals surface area contributed by atoms with Crippen LogP contribution in [0, 0.1) is 0 Å². The molecule has 1 heterocycles. The number of carbonyl (C=O) groups excluding carboxylic acids is 3. The highest BCUT2D eigenvalue weighted by atomic mass is 32.2. The van der Waals surface area contributed by atoms with Crippen molar-refractivity contribution in [2.24, 2.45) is 0 Å². The Morgan fingerprint density at radius 3 is 2.26 bits per heavy atom. The zero-order chi connectivity index (χ0) is 33.1. The predicted molar refractivity (Wildman–Crippen MR) is 172 cm³/mol. The molecule has 13 heteroatoms. The molecule has 0 saturated heterocycles. The van der Waals surface area contributed by atoms with E-state index in [1.54, 1.807) is 30.3 Å². The highest BCUT2D eigenvalue weighted by Gasteiger charge is 2.19. The molecule has 240 valence electrons. The number of fused-ring (bicyclic) bond motifs is 1. The number of amides is 3. The number of ether oxygens (including phenoxy) is 2. The number of hydrogen-bond donors (Lipinski definition) is 2. The zero-order valence-corrected chi connectivity index (χ0v) is 26.0. The van der Waals surface area contributed by atoms with Gasteiger partial charge in [0, 0.05) is 50.5 Å². The molecule has 0 aliphatic rings. The third kappa shape index (κ3) is 9.86. The summed E-state index contributed by atoms with van der Waals surface area (Å²) < 4.78 is 15.9. The van der Waals surface area contributed by atoms with Gasteiger partial charge in [0.15, 0.2) is 0 Å². The van der Waals surface area contributed by atoms with Crippen LogP contribution in [0.15, 0.2) is 94.1 Å². The molecule has 0 spiro atoms. The van der Waals surface area contributed by atoms with E-state index < -0.39 is 29.2 Å². The van der Waals surface area contributed by atoms with Gasteiger partial charge in [0.05, 0.1) is 12.0 Å². The Labute approximate surface area is 268 Å². The lowest BCUT2D eigenvalue weighted by atomic mass is 10.1. The molecule has 0 bridgehead atoms. The highest BCUT2D eigenvalue weighted by Crippen LogP contribution is 2.27. The lowest BCUT2D eigenvalue weighted by Gasteiger charge is -2.22. The van der Waals surface area contributed by atoms with Gasteiger partial charge in [-0.3, -0.25) is 4.79 Å². The Kier molecular flexibility index (Phi) is 11.8. The number of rotatable bonds is 13. The van der Waals surface area contributed by atoms with Crippen LogP contribution in [0.25, 0.3) is 11.0 Å². The largest absolute Gasteiger partial charge is 0.478 e. The van der Waals surface area contributed by atoms with E-state index in [2.05, 4.69) is 5.32 Å². The number of benzene rings is 3. The van der Waals surface area contributed by atoms with E-state index in [4.69, 9.17) is 13.9 Å². The maximum Gasteiger partial charge on any atom is 0.415 e. The quantitative estimate of drug-likeness (QED) is 0.118. The van der Waals surface area contributed by atoms with Crippen LogP contribution in [0.4, 0.5) is 9.59 Å². The van der Waals surface area contributed by atoms with E-state index in [0.717, 1.165) is 5.56 Å². The zero-order valence-electron chi connectivity index (χ0n) is 25.2. The minimum Gasteiger partial charge on any atom is -0.478 e. The molecule has 1 aromatic heterocycles. The number of nitrogens with one attached hydrogen (secondary N) is 1. The fourth-order valence-corrected chi connectivity index (χ4v) is 5.15. The average Bonchev–Trinajstić information content (AvgIpc) is 3.04. The van der Waals surface area contributed by atoms with Crippen molar-refractivity contribution in [3.8, 4) is 5.75 Å². The Morgan fingerprint density at radius 1 is 0.891 bits per heavy atom. The highest BCUT2D eigenvalue weighted by molar-refractivity contribution is 7.99. The van der Waals surface area contributed by atoms with Crippen LogP contribution in [0.1, 0.15) is 26.9 Å². The monoisotopic (exact) mass is 647 g/mol. The summed E-state index contributed by atoms with van der Waals surface area (Å²) >= 11 is 1.34. The summed E-state index contributed by atoms with van der Waals surface area (Å²) in [5.74, 6) is -0.715. The second kappa shape index (κ2) is 16.1. The van der Waals surface area contributed by atoms with E-state index in [-0.39, 0.29) is 48.9 Å². The van der Waals surface area contributed by atoms with Crippen molar-refractivity contribution in [2.75, 3.05) is 39.5 Å². The number of carboxylic acid groups (broad SMARTS) is 1. The van der Waals surface area contributed by atoms with Crippen LogP contribution < -0.4 is 15.7 Å². The molecule has 3 aromatic carbocycles. The lowest BCUT2D eigenvalue weighted by Crippen LogP contribution is -2.38. The Bertz CT molecular complexity index is 1730. The van der Waals surface area contributed by atoms with Crippen LogP contribution in [0.3, 0.4) is 0 Å². The van der Waals surface area contributed by atoms with Crippen LogP contribution in [0.5, 0.6) is 5.75 Å². The maximum atomic E-state index is 12.8.